The Hall–Kier alpha value is -0.830. The number of ether oxygens (including phenoxy) is 1. The van der Waals surface area contributed by atoms with Crippen LogP contribution >= 0.6 is 11.6 Å². The molecule has 0 bridgehead atoms. The minimum Gasteiger partial charge on any atom is -0.477 e. The predicted octanol–water partition coefficient (Wildman–Crippen LogP) is 2.49. The van der Waals surface area contributed by atoms with Crippen molar-refractivity contribution in [1.29, 1.82) is 0 Å². The molecule has 0 aliphatic carbocycles. The van der Waals surface area contributed by atoms with E-state index in [0.717, 1.165) is 24.2 Å². The van der Waals surface area contributed by atoms with Crippen LogP contribution in [0.3, 0.4) is 0 Å². The van der Waals surface area contributed by atoms with Gasteiger partial charge in [0.05, 0.1) is 24.2 Å². The summed E-state index contributed by atoms with van der Waals surface area (Å²) < 4.78 is 5.41. The third kappa shape index (κ3) is 3.50. The standard InChI is InChI=1S/C10H15ClN2O/c1-8-9(2)13-10(7-12-8)14-6-4-3-5-11/h7H,3-6H2,1-2H3. The van der Waals surface area contributed by atoms with E-state index in [2.05, 4.69) is 9.97 Å². The maximum absolute atomic E-state index is 5.55. The van der Waals surface area contributed by atoms with Crippen LogP contribution in [0.25, 0.3) is 0 Å². The molecule has 14 heavy (non-hydrogen) atoms. The summed E-state index contributed by atoms with van der Waals surface area (Å²) in [4.78, 5) is 8.42. The van der Waals surface area contributed by atoms with E-state index < -0.39 is 0 Å². The van der Waals surface area contributed by atoms with Crippen molar-refractivity contribution >= 4 is 11.6 Å². The van der Waals surface area contributed by atoms with Gasteiger partial charge in [0.1, 0.15) is 0 Å². The van der Waals surface area contributed by atoms with E-state index in [0.29, 0.717) is 18.4 Å². The summed E-state index contributed by atoms with van der Waals surface area (Å²) in [5, 5.41) is 0. The number of alkyl halides is 1. The number of aromatic nitrogens is 2. The fraction of sp³-hybridized carbons (Fsp3) is 0.600. The first-order valence-corrected chi connectivity index (χ1v) is 5.26. The van der Waals surface area contributed by atoms with Gasteiger partial charge in [-0.15, -0.1) is 11.6 Å². The maximum atomic E-state index is 5.55. The van der Waals surface area contributed by atoms with E-state index >= 15 is 0 Å². The SMILES string of the molecule is Cc1ncc(OCCCCCl)nc1C. The van der Waals surface area contributed by atoms with Gasteiger partial charge in [0.2, 0.25) is 5.88 Å². The molecule has 0 spiro atoms. The van der Waals surface area contributed by atoms with Gasteiger partial charge in [-0.1, -0.05) is 0 Å². The van der Waals surface area contributed by atoms with Crippen LogP contribution in [0.2, 0.25) is 0 Å². The van der Waals surface area contributed by atoms with E-state index in [-0.39, 0.29) is 0 Å². The van der Waals surface area contributed by atoms with E-state index in [1.807, 2.05) is 13.8 Å². The molecule has 4 heteroatoms. The first-order chi connectivity index (χ1) is 6.74. The minimum absolute atomic E-state index is 0.600. The van der Waals surface area contributed by atoms with Gasteiger partial charge in [0.15, 0.2) is 0 Å². The van der Waals surface area contributed by atoms with Crippen LogP contribution in [0.1, 0.15) is 24.2 Å². The lowest BCUT2D eigenvalue weighted by Gasteiger charge is -2.05. The molecule has 0 aliphatic rings. The first kappa shape index (κ1) is 11.2. The number of nitrogens with zero attached hydrogens (tertiary/aromatic N) is 2. The molecule has 0 radical (unpaired) electrons. The van der Waals surface area contributed by atoms with E-state index in [4.69, 9.17) is 16.3 Å². The number of halogens is 1. The van der Waals surface area contributed by atoms with Crippen molar-refractivity contribution in [3.05, 3.63) is 17.6 Å². The van der Waals surface area contributed by atoms with Crippen molar-refractivity contribution in [2.75, 3.05) is 12.5 Å². The van der Waals surface area contributed by atoms with Gasteiger partial charge in [0, 0.05) is 5.88 Å². The zero-order valence-electron chi connectivity index (χ0n) is 8.59. The van der Waals surface area contributed by atoms with Crippen LogP contribution in [0.5, 0.6) is 5.88 Å². The lowest BCUT2D eigenvalue weighted by Crippen LogP contribution is -2.02. The summed E-state index contributed by atoms with van der Waals surface area (Å²) in [6, 6.07) is 0. The molecule has 0 N–H and O–H groups in total. The first-order valence-electron chi connectivity index (χ1n) is 4.73. The Bertz CT molecular complexity index is 291. The number of rotatable bonds is 5. The molecule has 1 aromatic heterocycles. The summed E-state index contributed by atoms with van der Waals surface area (Å²) in [7, 11) is 0. The third-order valence-corrected chi connectivity index (χ3v) is 2.22. The lowest BCUT2D eigenvalue weighted by atomic mass is 10.3. The van der Waals surface area contributed by atoms with Crippen LogP contribution in [0, 0.1) is 13.8 Å². The highest BCUT2D eigenvalue weighted by atomic mass is 35.5. The molecular formula is C10H15ClN2O. The maximum Gasteiger partial charge on any atom is 0.232 e. The van der Waals surface area contributed by atoms with Gasteiger partial charge >= 0.3 is 0 Å². The Morgan fingerprint density at radius 2 is 2.07 bits per heavy atom. The van der Waals surface area contributed by atoms with Crippen molar-refractivity contribution in [3.63, 3.8) is 0 Å². The summed E-state index contributed by atoms with van der Waals surface area (Å²) in [5.41, 5.74) is 1.86. The topological polar surface area (TPSA) is 35.0 Å². The fourth-order valence-electron chi connectivity index (χ4n) is 0.963. The zero-order chi connectivity index (χ0) is 10.4. The molecule has 0 aromatic carbocycles. The van der Waals surface area contributed by atoms with E-state index in [1.165, 1.54) is 0 Å². The zero-order valence-corrected chi connectivity index (χ0v) is 9.34. The van der Waals surface area contributed by atoms with Crippen LogP contribution in [0.4, 0.5) is 0 Å². The average molecular weight is 215 g/mol. The van der Waals surface area contributed by atoms with Gasteiger partial charge in [-0.05, 0) is 26.7 Å². The minimum atomic E-state index is 0.600. The Kier molecular flexibility index (Phi) is 4.66. The Morgan fingerprint density at radius 1 is 1.29 bits per heavy atom. The molecular weight excluding hydrogens is 200 g/mol. The number of aryl methyl sites for hydroxylation is 2. The monoisotopic (exact) mass is 214 g/mol. The molecule has 1 rings (SSSR count). The molecule has 0 atom stereocenters. The smallest absolute Gasteiger partial charge is 0.232 e. The van der Waals surface area contributed by atoms with Crippen LogP contribution in [-0.2, 0) is 0 Å². The Labute approximate surface area is 89.5 Å². The van der Waals surface area contributed by atoms with Crippen LogP contribution in [0.15, 0.2) is 6.20 Å². The average Bonchev–Trinajstić information content (AvgIpc) is 2.18. The number of hydrogen-bond acceptors (Lipinski definition) is 3. The van der Waals surface area contributed by atoms with Crippen molar-refractivity contribution < 1.29 is 4.74 Å². The van der Waals surface area contributed by atoms with Gasteiger partial charge in [-0.2, -0.15) is 0 Å². The highest BCUT2D eigenvalue weighted by Gasteiger charge is 1.99. The second kappa shape index (κ2) is 5.81. The largest absolute Gasteiger partial charge is 0.477 e. The molecule has 78 valence electrons. The number of hydrogen-bond donors (Lipinski definition) is 0. The van der Waals surface area contributed by atoms with Crippen molar-refractivity contribution in [3.8, 4) is 5.88 Å². The van der Waals surface area contributed by atoms with Gasteiger partial charge in [-0.25, -0.2) is 4.98 Å². The molecule has 0 unspecified atom stereocenters. The Morgan fingerprint density at radius 3 is 2.71 bits per heavy atom. The van der Waals surface area contributed by atoms with E-state index in [9.17, 15) is 0 Å². The highest BCUT2D eigenvalue weighted by molar-refractivity contribution is 6.17. The summed E-state index contributed by atoms with van der Waals surface area (Å²) in [6.07, 6.45) is 3.58. The van der Waals surface area contributed by atoms with Gasteiger partial charge in [0.25, 0.3) is 0 Å². The molecule has 0 aliphatic heterocycles. The quantitative estimate of drug-likeness (QED) is 0.558. The molecule has 1 aromatic rings. The normalized spacial score (nSPS) is 10.2. The molecule has 0 amide bonds. The summed E-state index contributed by atoms with van der Waals surface area (Å²) in [5.74, 6) is 1.28. The van der Waals surface area contributed by atoms with Crippen LogP contribution < -0.4 is 4.74 Å². The van der Waals surface area contributed by atoms with Crippen LogP contribution in [-0.4, -0.2) is 22.5 Å². The van der Waals surface area contributed by atoms with E-state index in [1.54, 1.807) is 6.20 Å². The molecule has 0 saturated heterocycles. The number of unbranched alkanes of at least 4 members (excludes halogenated alkanes) is 1. The predicted molar refractivity (Wildman–Crippen MR) is 57.0 cm³/mol. The van der Waals surface area contributed by atoms with Gasteiger partial charge < -0.3 is 4.74 Å². The second-order valence-electron chi connectivity index (χ2n) is 3.12. The summed E-state index contributed by atoms with van der Waals surface area (Å²) >= 11 is 5.55. The van der Waals surface area contributed by atoms with Crippen molar-refractivity contribution in [2.45, 2.75) is 26.7 Å². The molecule has 3 nitrogen and oxygen atoms in total. The molecule has 1 heterocycles. The van der Waals surface area contributed by atoms with Crippen molar-refractivity contribution in [1.82, 2.24) is 9.97 Å². The lowest BCUT2D eigenvalue weighted by molar-refractivity contribution is 0.296. The highest BCUT2D eigenvalue weighted by Crippen LogP contribution is 2.08. The molecule has 0 saturated carbocycles. The second-order valence-corrected chi connectivity index (χ2v) is 3.50. The molecule has 0 fully saturated rings. The summed E-state index contributed by atoms with van der Waals surface area (Å²) in [6.45, 7) is 4.51. The fourth-order valence-corrected chi connectivity index (χ4v) is 1.15. The van der Waals surface area contributed by atoms with Crippen molar-refractivity contribution in [2.24, 2.45) is 0 Å². The van der Waals surface area contributed by atoms with Gasteiger partial charge in [-0.3, -0.25) is 4.98 Å². The third-order valence-electron chi connectivity index (χ3n) is 1.95. The Balaban J connectivity index is 2.39.